The van der Waals surface area contributed by atoms with Gasteiger partial charge in [-0.1, -0.05) is 6.07 Å². The number of nitrogens with two attached hydrogens (primary N) is 2. The van der Waals surface area contributed by atoms with Gasteiger partial charge in [0.2, 0.25) is 0 Å². The van der Waals surface area contributed by atoms with E-state index in [9.17, 15) is 29.4 Å². The van der Waals surface area contributed by atoms with Gasteiger partial charge >= 0.3 is 11.9 Å². The first-order valence-electron chi connectivity index (χ1n) is 22.2. The molecule has 0 aliphatic carbocycles. The lowest BCUT2D eigenvalue weighted by Crippen LogP contribution is -2.14. The summed E-state index contributed by atoms with van der Waals surface area (Å²) in [5, 5.41) is 19.1. The number of carbonyl (C=O) groups excluding carboxylic acids is 2. The number of carboxylic acid groups (broad SMARTS) is 2. The van der Waals surface area contributed by atoms with Crippen molar-refractivity contribution in [3.8, 4) is 34.0 Å². The molecule has 0 radical (unpaired) electrons. The Hall–Kier alpha value is -8.24. The number of hydrogen-bond donors (Lipinski definition) is 4. The highest BCUT2D eigenvalue weighted by atomic mass is 16.6. The Morgan fingerprint density at radius 1 is 0.493 bits per heavy atom. The van der Waals surface area contributed by atoms with Gasteiger partial charge in [0.1, 0.15) is 24.7 Å². The lowest BCUT2D eigenvalue weighted by atomic mass is 9.97. The summed E-state index contributed by atoms with van der Waals surface area (Å²) in [6, 6.07) is 35.0. The van der Waals surface area contributed by atoms with Crippen molar-refractivity contribution in [1.29, 1.82) is 0 Å². The van der Waals surface area contributed by atoms with Crippen LogP contribution in [0, 0.1) is 13.8 Å². The summed E-state index contributed by atoms with van der Waals surface area (Å²) in [7, 11) is 0. The van der Waals surface area contributed by atoms with Crippen molar-refractivity contribution in [2.45, 2.75) is 13.8 Å². The molecule has 15 heteroatoms. The number of nitrogen functional groups attached to an aromatic ring is 2. The zero-order valence-corrected chi connectivity index (χ0v) is 38.0. The Morgan fingerprint density at radius 3 is 1.51 bits per heavy atom. The first-order valence-corrected chi connectivity index (χ1v) is 22.2. The van der Waals surface area contributed by atoms with E-state index in [4.69, 9.17) is 35.2 Å². The average molecular weight is 931 g/mol. The number of aryl methyl sites for hydroxylation is 1. The lowest BCUT2D eigenvalue weighted by molar-refractivity contribution is 0.00499. The van der Waals surface area contributed by atoms with Gasteiger partial charge in [-0.2, -0.15) is 0 Å². The molecule has 8 aromatic rings. The highest BCUT2D eigenvalue weighted by Gasteiger charge is 2.24. The number of aromatic nitrogens is 2. The van der Waals surface area contributed by atoms with E-state index < -0.39 is 11.9 Å². The number of ketones is 2. The van der Waals surface area contributed by atoms with Crippen molar-refractivity contribution in [2.75, 3.05) is 64.3 Å². The van der Waals surface area contributed by atoms with Crippen LogP contribution in [0.15, 0.2) is 134 Å². The molecule has 0 bridgehead atoms. The summed E-state index contributed by atoms with van der Waals surface area (Å²) in [4.78, 5) is 50.7. The molecular weight excluding hydrogens is 881 g/mol. The number of nitrogens with zero attached hydrogens (tertiary/aromatic N) is 2. The molecule has 6 N–H and O–H groups in total. The predicted octanol–water partition coefficient (Wildman–Crippen LogP) is 8.67. The van der Waals surface area contributed by atoms with Crippen LogP contribution in [0.4, 0.5) is 11.4 Å². The maximum atomic E-state index is 13.8. The van der Waals surface area contributed by atoms with Gasteiger partial charge in [0.05, 0.1) is 78.8 Å². The normalized spacial score (nSPS) is 11.3. The van der Waals surface area contributed by atoms with E-state index in [-0.39, 0.29) is 45.2 Å². The van der Waals surface area contributed by atoms with Crippen LogP contribution in [0.3, 0.4) is 0 Å². The lowest BCUT2D eigenvalue weighted by Gasteiger charge is -2.11. The molecule has 4 aromatic carbocycles. The number of fused-ring (bicyclic) bond motifs is 2. The fraction of sp³-hybridized carbons (Fsp3) is 0.185. The number of anilines is 2. The quantitative estimate of drug-likeness (QED) is 0.0285. The van der Waals surface area contributed by atoms with Crippen LogP contribution in [0.1, 0.15) is 63.7 Å². The second-order valence-electron chi connectivity index (χ2n) is 16.1. The number of ether oxygens (including phenoxy) is 5. The van der Waals surface area contributed by atoms with Crippen molar-refractivity contribution in [2.24, 2.45) is 0 Å². The molecule has 352 valence electrons. The third kappa shape index (κ3) is 10.4. The highest BCUT2D eigenvalue weighted by molar-refractivity contribution is 6.17. The predicted molar refractivity (Wildman–Crippen MR) is 261 cm³/mol. The average Bonchev–Trinajstić information content (AvgIpc) is 3.85. The number of rotatable bonds is 22. The molecule has 8 rings (SSSR count). The van der Waals surface area contributed by atoms with Gasteiger partial charge in [-0.25, -0.2) is 9.59 Å². The molecule has 0 saturated carbocycles. The first-order chi connectivity index (χ1) is 33.4. The topological polar surface area (TPSA) is 216 Å². The van der Waals surface area contributed by atoms with Gasteiger partial charge in [-0.3, -0.25) is 9.59 Å². The second kappa shape index (κ2) is 21.2. The standard InChI is InChI=1S/C54H50N4O11/c1-33-30-47-41(51(59)37-12-18-44(55)42(31-37)53(61)62)6-5-21-58(47)49(33)35-8-14-39(15-9-35)68-28-26-66-24-22-65-23-25-67-27-29-69-40-16-10-36(11-17-40)50-34(2)48(46-7-3-4-20-57(46)50)52(60)38-13-19-45(56)43(32-38)54(63)64/h3-21,30-32H,22-29,55-56H2,1-2H3,(H,61,62)(H,63,64). The smallest absolute Gasteiger partial charge is 0.337 e. The minimum atomic E-state index is -1.20. The SMILES string of the molecule is Cc1cc2c(C(=O)c3ccc(N)c(C(=O)O)c3)cccn2c1-c1ccc(OCCOCCOCCOCCOc2ccc(-c3c(C)c(C(=O)c4ccc(N)c(C(=O)O)c4)c4ccccn34)cc2)cc1. The third-order valence-electron chi connectivity index (χ3n) is 11.6. The van der Waals surface area contributed by atoms with Crippen LogP contribution in [0.25, 0.3) is 33.5 Å². The zero-order valence-electron chi connectivity index (χ0n) is 38.0. The number of aromatic carboxylic acids is 2. The minimum Gasteiger partial charge on any atom is -0.491 e. The molecule has 0 saturated heterocycles. The molecule has 4 heterocycles. The maximum absolute atomic E-state index is 13.8. The molecular formula is C54H50N4O11. The molecule has 0 fully saturated rings. The Balaban J connectivity index is 0.726. The van der Waals surface area contributed by atoms with E-state index in [1.807, 2.05) is 108 Å². The van der Waals surface area contributed by atoms with Crippen molar-refractivity contribution >= 4 is 45.9 Å². The van der Waals surface area contributed by atoms with Crippen LogP contribution >= 0.6 is 0 Å². The summed E-state index contributed by atoms with van der Waals surface area (Å²) in [6.07, 6.45) is 3.78. The highest BCUT2D eigenvalue weighted by Crippen LogP contribution is 2.35. The monoisotopic (exact) mass is 930 g/mol. The van der Waals surface area contributed by atoms with Gasteiger partial charge < -0.3 is 54.2 Å². The molecule has 0 spiro atoms. The van der Waals surface area contributed by atoms with Gasteiger partial charge in [-0.15, -0.1) is 0 Å². The van der Waals surface area contributed by atoms with Crippen LogP contribution < -0.4 is 20.9 Å². The molecule has 4 aromatic heterocycles. The van der Waals surface area contributed by atoms with Crippen molar-refractivity contribution < 1.29 is 53.1 Å². The van der Waals surface area contributed by atoms with Crippen molar-refractivity contribution in [3.63, 3.8) is 0 Å². The van der Waals surface area contributed by atoms with Crippen LogP contribution in [-0.4, -0.2) is 95.4 Å². The fourth-order valence-electron chi connectivity index (χ4n) is 8.32. The number of benzene rings is 4. The van der Waals surface area contributed by atoms with Gasteiger partial charge in [0, 0.05) is 40.5 Å². The zero-order chi connectivity index (χ0) is 48.6. The molecule has 0 aliphatic rings. The molecule has 15 nitrogen and oxygen atoms in total. The summed E-state index contributed by atoms with van der Waals surface area (Å²) in [6.45, 7) is 6.91. The number of carboxylic acids is 2. The number of hydrogen-bond acceptors (Lipinski definition) is 11. The minimum absolute atomic E-state index is 0.0918. The molecule has 0 atom stereocenters. The molecule has 69 heavy (non-hydrogen) atoms. The summed E-state index contributed by atoms with van der Waals surface area (Å²) < 4.78 is 32.7. The first kappa shape index (κ1) is 47.3. The van der Waals surface area contributed by atoms with E-state index >= 15 is 0 Å². The Bertz CT molecular complexity index is 3190. The van der Waals surface area contributed by atoms with E-state index in [0.29, 0.717) is 86.5 Å². The molecule has 0 aliphatic heterocycles. The third-order valence-corrected chi connectivity index (χ3v) is 11.6. The van der Waals surface area contributed by atoms with E-state index in [2.05, 4.69) is 0 Å². The summed E-state index contributed by atoms with van der Waals surface area (Å²) in [5.74, 6) is -1.64. The Kier molecular flexibility index (Phi) is 14.5. The van der Waals surface area contributed by atoms with Gasteiger partial charge in [-0.05, 0) is 151 Å². The maximum Gasteiger partial charge on any atom is 0.337 e. The Morgan fingerprint density at radius 2 is 0.971 bits per heavy atom. The number of pyridine rings is 2. The molecule has 0 amide bonds. The number of carbonyl (C=O) groups is 4. The largest absolute Gasteiger partial charge is 0.491 e. The summed E-state index contributed by atoms with van der Waals surface area (Å²) >= 11 is 0. The van der Waals surface area contributed by atoms with Gasteiger partial charge in [0.15, 0.2) is 11.6 Å². The van der Waals surface area contributed by atoms with E-state index in [1.165, 1.54) is 30.3 Å². The van der Waals surface area contributed by atoms with Crippen LogP contribution in [0.5, 0.6) is 11.5 Å². The van der Waals surface area contributed by atoms with Crippen LogP contribution in [-0.2, 0) is 14.2 Å². The van der Waals surface area contributed by atoms with E-state index in [1.54, 1.807) is 18.2 Å². The molecule has 0 unspecified atom stereocenters. The fourth-order valence-corrected chi connectivity index (χ4v) is 8.32. The van der Waals surface area contributed by atoms with Crippen LogP contribution in [0.2, 0.25) is 0 Å². The van der Waals surface area contributed by atoms with Gasteiger partial charge in [0.25, 0.3) is 0 Å². The summed E-state index contributed by atoms with van der Waals surface area (Å²) in [5.41, 5.74) is 19.7. The van der Waals surface area contributed by atoms with E-state index in [0.717, 1.165) is 33.6 Å². The van der Waals surface area contributed by atoms with Crippen molar-refractivity contribution in [1.82, 2.24) is 8.80 Å². The van der Waals surface area contributed by atoms with Crippen molar-refractivity contribution in [3.05, 3.63) is 178 Å². The second-order valence-corrected chi connectivity index (χ2v) is 16.1. The Labute approximate surface area is 397 Å².